The second-order valence-corrected chi connectivity index (χ2v) is 7.03. The summed E-state index contributed by atoms with van der Waals surface area (Å²) in [5, 5.41) is 10.3. The standard InChI is InChI=1S/C19H31NO2/c1-15(2)18-9-8-16(3)12-19(18)22-14-17(21)13-20-10-6-4-5-7-11-20/h8-9,12,15,17,21H,4-7,10-11,13-14H2,1-3H3/p+1/t17-/m1/s1. The van der Waals surface area contributed by atoms with Gasteiger partial charge in [0.15, 0.2) is 0 Å². The Morgan fingerprint density at radius 1 is 1.14 bits per heavy atom. The van der Waals surface area contributed by atoms with Crippen molar-refractivity contribution in [1.29, 1.82) is 0 Å². The summed E-state index contributed by atoms with van der Waals surface area (Å²) in [5.41, 5.74) is 2.42. The molecule has 1 atom stereocenters. The summed E-state index contributed by atoms with van der Waals surface area (Å²) >= 11 is 0. The number of nitrogens with one attached hydrogen (secondary N) is 1. The molecule has 1 saturated heterocycles. The lowest BCUT2D eigenvalue weighted by Gasteiger charge is -2.21. The van der Waals surface area contributed by atoms with E-state index >= 15 is 0 Å². The summed E-state index contributed by atoms with van der Waals surface area (Å²) in [5.74, 6) is 1.36. The maximum absolute atomic E-state index is 10.3. The van der Waals surface area contributed by atoms with Gasteiger partial charge in [0.1, 0.15) is 25.0 Å². The van der Waals surface area contributed by atoms with Crippen LogP contribution in [0.1, 0.15) is 56.6 Å². The number of aryl methyl sites for hydroxylation is 1. The molecule has 1 heterocycles. The molecular formula is C19H32NO2+. The van der Waals surface area contributed by atoms with Crippen LogP contribution < -0.4 is 9.64 Å². The molecule has 0 radical (unpaired) electrons. The smallest absolute Gasteiger partial charge is 0.137 e. The maximum Gasteiger partial charge on any atom is 0.137 e. The highest BCUT2D eigenvalue weighted by Gasteiger charge is 2.18. The fraction of sp³-hybridized carbons (Fsp3) is 0.684. The largest absolute Gasteiger partial charge is 0.490 e. The highest BCUT2D eigenvalue weighted by molar-refractivity contribution is 5.39. The Labute approximate surface area is 135 Å². The number of hydrogen-bond acceptors (Lipinski definition) is 2. The van der Waals surface area contributed by atoms with Crippen LogP contribution in [0.5, 0.6) is 5.75 Å². The van der Waals surface area contributed by atoms with E-state index in [2.05, 4.69) is 39.0 Å². The van der Waals surface area contributed by atoms with Crippen LogP contribution in [-0.4, -0.2) is 37.5 Å². The van der Waals surface area contributed by atoms with Crippen LogP contribution in [0.2, 0.25) is 0 Å². The minimum absolute atomic E-state index is 0.381. The fourth-order valence-electron chi connectivity index (χ4n) is 3.25. The molecule has 124 valence electrons. The van der Waals surface area contributed by atoms with Gasteiger partial charge in [0.25, 0.3) is 0 Å². The Balaban J connectivity index is 1.87. The zero-order valence-electron chi connectivity index (χ0n) is 14.4. The molecule has 0 amide bonds. The predicted octanol–water partition coefficient (Wildman–Crippen LogP) is 2.32. The zero-order chi connectivity index (χ0) is 15.9. The zero-order valence-corrected chi connectivity index (χ0v) is 14.4. The van der Waals surface area contributed by atoms with Crippen LogP contribution in [0.3, 0.4) is 0 Å². The van der Waals surface area contributed by atoms with E-state index in [1.54, 1.807) is 0 Å². The number of quaternary nitrogens is 1. The van der Waals surface area contributed by atoms with Crippen LogP contribution in [-0.2, 0) is 0 Å². The molecule has 22 heavy (non-hydrogen) atoms. The highest BCUT2D eigenvalue weighted by atomic mass is 16.5. The lowest BCUT2D eigenvalue weighted by atomic mass is 10.0. The van der Waals surface area contributed by atoms with Crippen LogP contribution in [0.15, 0.2) is 18.2 Å². The van der Waals surface area contributed by atoms with Gasteiger partial charge < -0.3 is 14.7 Å². The average molecular weight is 306 g/mol. The Morgan fingerprint density at radius 2 is 1.82 bits per heavy atom. The molecule has 0 spiro atoms. The van der Waals surface area contributed by atoms with Gasteiger partial charge in [-0.15, -0.1) is 0 Å². The molecule has 0 bridgehead atoms. The number of benzene rings is 1. The van der Waals surface area contributed by atoms with Crippen molar-refractivity contribution < 1.29 is 14.7 Å². The third-order valence-corrected chi connectivity index (χ3v) is 4.56. The summed E-state index contributed by atoms with van der Waals surface area (Å²) in [6.07, 6.45) is 4.89. The summed E-state index contributed by atoms with van der Waals surface area (Å²) in [6.45, 7) is 10.0. The molecule has 0 saturated carbocycles. The minimum Gasteiger partial charge on any atom is -0.490 e. The molecule has 1 aromatic carbocycles. The first-order valence-electron chi connectivity index (χ1n) is 8.81. The second kappa shape index (κ2) is 8.54. The van der Waals surface area contributed by atoms with Gasteiger partial charge in [-0.2, -0.15) is 0 Å². The quantitative estimate of drug-likeness (QED) is 0.846. The van der Waals surface area contributed by atoms with Crippen LogP contribution in [0, 0.1) is 6.92 Å². The van der Waals surface area contributed by atoms with E-state index in [0.717, 1.165) is 12.3 Å². The van der Waals surface area contributed by atoms with E-state index in [9.17, 15) is 5.11 Å². The molecule has 0 aliphatic carbocycles. The third kappa shape index (κ3) is 5.29. The second-order valence-electron chi connectivity index (χ2n) is 7.03. The molecule has 3 nitrogen and oxygen atoms in total. The summed E-state index contributed by atoms with van der Waals surface area (Å²) < 4.78 is 5.95. The summed E-state index contributed by atoms with van der Waals surface area (Å²) in [7, 11) is 0. The Hall–Kier alpha value is -1.06. The monoisotopic (exact) mass is 306 g/mol. The molecule has 1 fully saturated rings. The van der Waals surface area contributed by atoms with E-state index in [0.29, 0.717) is 12.5 Å². The third-order valence-electron chi connectivity index (χ3n) is 4.56. The van der Waals surface area contributed by atoms with Gasteiger partial charge >= 0.3 is 0 Å². The first-order valence-corrected chi connectivity index (χ1v) is 8.81. The van der Waals surface area contributed by atoms with Gasteiger partial charge in [0.05, 0.1) is 13.1 Å². The molecule has 1 aliphatic rings. The lowest BCUT2D eigenvalue weighted by Crippen LogP contribution is -3.13. The van der Waals surface area contributed by atoms with Crippen molar-refractivity contribution in [2.75, 3.05) is 26.2 Å². The lowest BCUT2D eigenvalue weighted by molar-refractivity contribution is -0.902. The first-order chi connectivity index (χ1) is 10.6. The highest BCUT2D eigenvalue weighted by Crippen LogP contribution is 2.27. The number of aliphatic hydroxyl groups is 1. The fourth-order valence-corrected chi connectivity index (χ4v) is 3.25. The van der Waals surface area contributed by atoms with E-state index < -0.39 is 0 Å². The van der Waals surface area contributed by atoms with E-state index in [1.807, 2.05) is 0 Å². The van der Waals surface area contributed by atoms with Gasteiger partial charge in [-0.1, -0.05) is 26.0 Å². The number of likely N-dealkylation sites (tertiary alicyclic amines) is 1. The van der Waals surface area contributed by atoms with Crippen molar-refractivity contribution in [3.63, 3.8) is 0 Å². The average Bonchev–Trinajstić information content (AvgIpc) is 2.73. The van der Waals surface area contributed by atoms with Crippen LogP contribution in [0.25, 0.3) is 0 Å². The number of rotatable bonds is 6. The van der Waals surface area contributed by atoms with Gasteiger partial charge in [-0.05, 0) is 55.7 Å². The van der Waals surface area contributed by atoms with Crippen LogP contribution in [0.4, 0.5) is 0 Å². The van der Waals surface area contributed by atoms with Gasteiger partial charge in [0, 0.05) is 0 Å². The van der Waals surface area contributed by atoms with Gasteiger partial charge in [-0.25, -0.2) is 0 Å². The first kappa shape index (κ1) is 17.3. The number of ether oxygens (including phenoxy) is 1. The molecular weight excluding hydrogens is 274 g/mol. The minimum atomic E-state index is -0.381. The van der Waals surface area contributed by atoms with Crippen LogP contribution >= 0.6 is 0 Å². The molecule has 0 unspecified atom stereocenters. The topological polar surface area (TPSA) is 33.9 Å². The Kier molecular flexibility index (Phi) is 6.71. The molecule has 1 aliphatic heterocycles. The number of aliphatic hydroxyl groups excluding tert-OH is 1. The Morgan fingerprint density at radius 3 is 2.45 bits per heavy atom. The SMILES string of the molecule is Cc1ccc(C(C)C)c(OC[C@H](O)C[NH+]2CCCCCC2)c1. The van der Waals surface area contributed by atoms with E-state index in [4.69, 9.17) is 4.74 Å². The van der Waals surface area contributed by atoms with Crippen molar-refractivity contribution in [3.05, 3.63) is 29.3 Å². The normalized spacial score (nSPS) is 18.2. The van der Waals surface area contributed by atoms with Gasteiger partial charge in [0.2, 0.25) is 0 Å². The Bertz CT molecular complexity index is 451. The maximum atomic E-state index is 10.3. The summed E-state index contributed by atoms with van der Waals surface area (Å²) in [4.78, 5) is 1.53. The summed E-state index contributed by atoms with van der Waals surface area (Å²) in [6, 6.07) is 6.35. The predicted molar refractivity (Wildman–Crippen MR) is 90.8 cm³/mol. The molecule has 2 rings (SSSR count). The number of hydrogen-bond donors (Lipinski definition) is 2. The van der Waals surface area contributed by atoms with Crippen molar-refractivity contribution in [1.82, 2.24) is 0 Å². The van der Waals surface area contributed by atoms with Gasteiger partial charge in [-0.3, -0.25) is 0 Å². The molecule has 2 N–H and O–H groups in total. The van der Waals surface area contributed by atoms with Crippen molar-refractivity contribution >= 4 is 0 Å². The molecule has 3 heteroatoms. The molecule has 0 aromatic heterocycles. The van der Waals surface area contributed by atoms with Crippen molar-refractivity contribution in [2.24, 2.45) is 0 Å². The van der Waals surface area contributed by atoms with Crippen molar-refractivity contribution in [2.45, 2.75) is 58.5 Å². The van der Waals surface area contributed by atoms with Crippen molar-refractivity contribution in [3.8, 4) is 5.75 Å². The van der Waals surface area contributed by atoms with E-state index in [-0.39, 0.29) is 6.10 Å². The van der Waals surface area contributed by atoms with E-state index in [1.165, 1.54) is 54.8 Å². The molecule has 1 aromatic rings.